The molecule has 20 heavy (non-hydrogen) atoms. The van der Waals surface area contributed by atoms with Crippen LogP contribution in [0.1, 0.15) is 47.9 Å². The van der Waals surface area contributed by atoms with Crippen molar-refractivity contribution in [1.82, 2.24) is 0 Å². The van der Waals surface area contributed by atoms with E-state index in [1.807, 2.05) is 12.1 Å². The fourth-order valence-corrected chi connectivity index (χ4v) is 2.65. The van der Waals surface area contributed by atoms with Crippen LogP contribution in [0.4, 0.5) is 8.78 Å². The van der Waals surface area contributed by atoms with Crippen LogP contribution >= 0.6 is 0 Å². The van der Waals surface area contributed by atoms with Gasteiger partial charge in [-0.15, -0.1) is 0 Å². The maximum atomic E-state index is 13.7. The molecule has 1 aliphatic rings. The SMILES string of the molecule is NC(c1ccc(C2CCC2)cc1)c1cc(F)ccc1F. The van der Waals surface area contributed by atoms with Crippen molar-refractivity contribution in [1.29, 1.82) is 0 Å². The van der Waals surface area contributed by atoms with Gasteiger partial charge in [-0.3, -0.25) is 0 Å². The summed E-state index contributed by atoms with van der Waals surface area (Å²) in [5.74, 6) is -0.281. The topological polar surface area (TPSA) is 26.0 Å². The molecule has 0 aromatic heterocycles. The maximum Gasteiger partial charge on any atom is 0.128 e. The van der Waals surface area contributed by atoms with E-state index in [1.165, 1.54) is 30.9 Å². The first-order valence-corrected chi connectivity index (χ1v) is 6.95. The summed E-state index contributed by atoms with van der Waals surface area (Å²) in [6, 6.07) is 10.7. The zero-order chi connectivity index (χ0) is 14.1. The van der Waals surface area contributed by atoms with E-state index in [9.17, 15) is 8.78 Å². The van der Waals surface area contributed by atoms with Crippen LogP contribution in [0, 0.1) is 11.6 Å². The largest absolute Gasteiger partial charge is 0.320 e. The van der Waals surface area contributed by atoms with E-state index in [-0.39, 0.29) is 5.56 Å². The Morgan fingerprint density at radius 2 is 1.70 bits per heavy atom. The standard InChI is InChI=1S/C17H17F2N/c18-14-8-9-16(19)15(10-14)17(20)13-6-4-12(5-7-13)11-2-1-3-11/h4-11,17H,1-3,20H2. The summed E-state index contributed by atoms with van der Waals surface area (Å²) in [6.07, 6.45) is 3.77. The second-order valence-electron chi connectivity index (χ2n) is 5.44. The van der Waals surface area contributed by atoms with E-state index in [0.717, 1.165) is 17.7 Å². The summed E-state index contributed by atoms with van der Waals surface area (Å²) < 4.78 is 27.0. The predicted molar refractivity (Wildman–Crippen MR) is 75.4 cm³/mol. The molecular weight excluding hydrogens is 256 g/mol. The van der Waals surface area contributed by atoms with Gasteiger partial charge >= 0.3 is 0 Å². The molecule has 2 N–H and O–H groups in total. The predicted octanol–water partition coefficient (Wildman–Crippen LogP) is 4.28. The van der Waals surface area contributed by atoms with Gasteiger partial charge in [0, 0.05) is 5.56 Å². The molecule has 0 spiro atoms. The summed E-state index contributed by atoms with van der Waals surface area (Å²) in [7, 11) is 0. The number of rotatable bonds is 3. The Kier molecular flexibility index (Phi) is 3.53. The molecule has 3 heteroatoms. The molecule has 104 valence electrons. The van der Waals surface area contributed by atoms with Gasteiger partial charge in [0.05, 0.1) is 6.04 Å². The van der Waals surface area contributed by atoms with Crippen LogP contribution in [0.15, 0.2) is 42.5 Å². The molecule has 1 unspecified atom stereocenters. The average molecular weight is 273 g/mol. The number of hydrogen-bond acceptors (Lipinski definition) is 1. The molecule has 1 saturated carbocycles. The van der Waals surface area contributed by atoms with Gasteiger partial charge in [0.25, 0.3) is 0 Å². The summed E-state index contributed by atoms with van der Waals surface area (Å²) in [4.78, 5) is 0. The first kappa shape index (κ1) is 13.3. The lowest BCUT2D eigenvalue weighted by molar-refractivity contribution is 0.419. The van der Waals surface area contributed by atoms with Gasteiger partial charge in [-0.25, -0.2) is 8.78 Å². The molecule has 1 nitrogen and oxygen atoms in total. The molecule has 0 aliphatic heterocycles. The van der Waals surface area contributed by atoms with Crippen LogP contribution in [0.2, 0.25) is 0 Å². The first-order chi connectivity index (χ1) is 9.65. The minimum Gasteiger partial charge on any atom is -0.320 e. The Hall–Kier alpha value is -1.74. The van der Waals surface area contributed by atoms with E-state index in [1.54, 1.807) is 0 Å². The minimum atomic E-state index is -0.638. The maximum absolute atomic E-state index is 13.7. The van der Waals surface area contributed by atoms with Crippen molar-refractivity contribution in [2.24, 2.45) is 5.73 Å². The van der Waals surface area contributed by atoms with Gasteiger partial charge < -0.3 is 5.73 Å². The zero-order valence-corrected chi connectivity index (χ0v) is 11.2. The molecule has 2 aromatic carbocycles. The molecule has 2 aromatic rings. The van der Waals surface area contributed by atoms with Gasteiger partial charge in [-0.05, 0) is 48.1 Å². The van der Waals surface area contributed by atoms with Crippen molar-refractivity contribution in [3.8, 4) is 0 Å². The molecule has 1 aliphatic carbocycles. The van der Waals surface area contributed by atoms with Crippen molar-refractivity contribution in [3.63, 3.8) is 0 Å². The molecule has 0 radical (unpaired) electrons. The highest BCUT2D eigenvalue weighted by Crippen LogP contribution is 2.36. The van der Waals surface area contributed by atoms with Crippen molar-refractivity contribution in [3.05, 3.63) is 70.8 Å². The van der Waals surface area contributed by atoms with E-state index in [0.29, 0.717) is 5.92 Å². The number of nitrogens with two attached hydrogens (primary N) is 1. The van der Waals surface area contributed by atoms with E-state index < -0.39 is 17.7 Å². The second-order valence-corrected chi connectivity index (χ2v) is 5.44. The molecular formula is C17H17F2N. The van der Waals surface area contributed by atoms with Crippen LogP contribution in [-0.4, -0.2) is 0 Å². The molecule has 0 saturated heterocycles. The van der Waals surface area contributed by atoms with Gasteiger partial charge in [-0.2, -0.15) is 0 Å². The monoisotopic (exact) mass is 273 g/mol. The quantitative estimate of drug-likeness (QED) is 0.887. The van der Waals surface area contributed by atoms with Crippen LogP contribution in [0.3, 0.4) is 0 Å². The lowest BCUT2D eigenvalue weighted by Gasteiger charge is -2.26. The fraction of sp³-hybridized carbons (Fsp3) is 0.294. The Bertz CT molecular complexity index is 603. The van der Waals surface area contributed by atoms with E-state index in [4.69, 9.17) is 5.73 Å². The minimum absolute atomic E-state index is 0.196. The molecule has 1 fully saturated rings. The van der Waals surface area contributed by atoms with Gasteiger partial charge in [0.15, 0.2) is 0 Å². The Balaban J connectivity index is 1.85. The highest BCUT2D eigenvalue weighted by atomic mass is 19.1. The van der Waals surface area contributed by atoms with Crippen molar-refractivity contribution < 1.29 is 8.78 Å². The normalized spacial score (nSPS) is 16.8. The highest BCUT2D eigenvalue weighted by molar-refractivity contribution is 5.35. The lowest BCUT2D eigenvalue weighted by Crippen LogP contribution is -2.14. The third-order valence-electron chi connectivity index (χ3n) is 4.17. The van der Waals surface area contributed by atoms with Crippen LogP contribution in [0.5, 0.6) is 0 Å². The van der Waals surface area contributed by atoms with Crippen molar-refractivity contribution >= 4 is 0 Å². The third-order valence-corrected chi connectivity index (χ3v) is 4.17. The lowest BCUT2D eigenvalue weighted by atomic mass is 9.79. The molecule has 0 heterocycles. The molecule has 1 atom stereocenters. The molecule has 3 rings (SSSR count). The molecule has 0 amide bonds. The highest BCUT2D eigenvalue weighted by Gasteiger charge is 2.20. The van der Waals surface area contributed by atoms with Gasteiger partial charge in [-0.1, -0.05) is 30.7 Å². The summed E-state index contributed by atoms with van der Waals surface area (Å²) in [6.45, 7) is 0. The van der Waals surface area contributed by atoms with Gasteiger partial charge in [0.1, 0.15) is 11.6 Å². The second kappa shape index (κ2) is 5.33. The average Bonchev–Trinajstić information content (AvgIpc) is 2.40. The van der Waals surface area contributed by atoms with Crippen LogP contribution < -0.4 is 5.73 Å². The Morgan fingerprint density at radius 1 is 1.00 bits per heavy atom. The Labute approximate surface area is 117 Å². The number of halogens is 2. The third kappa shape index (κ3) is 2.46. The fourth-order valence-electron chi connectivity index (χ4n) is 2.65. The van der Waals surface area contributed by atoms with E-state index in [2.05, 4.69) is 12.1 Å². The smallest absolute Gasteiger partial charge is 0.128 e. The van der Waals surface area contributed by atoms with Gasteiger partial charge in [0.2, 0.25) is 0 Å². The number of benzene rings is 2. The molecule has 0 bridgehead atoms. The van der Waals surface area contributed by atoms with Crippen molar-refractivity contribution in [2.75, 3.05) is 0 Å². The summed E-state index contributed by atoms with van der Waals surface area (Å²) in [5, 5.41) is 0. The van der Waals surface area contributed by atoms with E-state index >= 15 is 0 Å². The number of hydrogen-bond donors (Lipinski definition) is 1. The van der Waals surface area contributed by atoms with Crippen LogP contribution in [-0.2, 0) is 0 Å². The van der Waals surface area contributed by atoms with Crippen molar-refractivity contribution in [2.45, 2.75) is 31.2 Å². The Morgan fingerprint density at radius 3 is 2.30 bits per heavy atom. The van der Waals surface area contributed by atoms with Crippen LogP contribution in [0.25, 0.3) is 0 Å². The first-order valence-electron chi connectivity index (χ1n) is 6.95. The zero-order valence-electron chi connectivity index (χ0n) is 11.2. The summed E-state index contributed by atoms with van der Waals surface area (Å²) in [5.41, 5.74) is 8.36. The summed E-state index contributed by atoms with van der Waals surface area (Å²) >= 11 is 0.